The predicted molar refractivity (Wildman–Crippen MR) is 93.3 cm³/mol. The van der Waals surface area contributed by atoms with E-state index < -0.39 is 0 Å². The lowest BCUT2D eigenvalue weighted by atomic mass is 10.0. The molecule has 1 N–H and O–H groups in total. The lowest BCUT2D eigenvalue weighted by molar-refractivity contribution is 0.0591. The highest BCUT2D eigenvalue weighted by atomic mass is 35.5. The average Bonchev–Trinajstić information content (AvgIpc) is 3.11. The van der Waals surface area contributed by atoms with Gasteiger partial charge in [0, 0.05) is 44.0 Å². The number of carbonyl (C=O) groups is 1. The van der Waals surface area contributed by atoms with Gasteiger partial charge >= 0.3 is 0 Å². The maximum Gasteiger partial charge on any atom is 0.293 e. The molecule has 2 atom stereocenters. The lowest BCUT2D eigenvalue weighted by Gasteiger charge is -2.35. The standard InChI is InChI=1S/C17H22N4O2.ClH/c1-3-12(2)14-9-16(23-20-14)17(22)21-8-7-19-11-15(21)13-5-4-6-18-10-13;/h4-6,9-10,12,15,19H,3,7-8,11H2,1-2H3;1H. The van der Waals surface area contributed by atoms with Crippen LogP contribution in [0.1, 0.15) is 54.0 Å². The van der Waals surface area contributed by atoms with Gasteiger partial charge in [0.05, 0.1) is 11.7 Å². The molecular weight excluding hydrogens is 328 g/mol. The zero-order chi connectivity index (χ0) is 16.2. The molecule has 0 saturated carbocycles. The lowest BCUT2D eigenvalue weighted by Crippen LogP contribution is -2.48. The van der Waals surface area contributed by atoms with Gasteiger partial charge in [0.25, 0.3) is 5.91 Å². The number of hydrogen-bond donors (Lipinski definition) is 1. The van der Waals surface area contributed by atoms with Crippen molar-refractivity contribution in [2.24, 2.45) is 0 Å². The third-order valence-corrected chi connectivity index (χ3v) is 4.43. The molecule has 2 aromatic heterocycles. The summed E-state index contributed by atoms with van der Waals surface area (Å²) in [5, 5.41) is 7.38. The molecule has 7 heteroatoms. The van der Waals surface area contributed by atoms with Gasteiger partial charge in [-0.15, -0.1) is 12.4 Å². The highest BCUT2D eigenvalue weighted by Crippen LogP contribution is 2.25. The van der Waals surface area contributed by atoms with E-state index in [1.54, 1.807) is 12.3 Å². The van der Waals surface area contributed by atoms with Crippen LogP contribution in [0.2, 0.25) is 0 Å². The van der Waals surface area contributed by atoms with Crippen molar-refractivity contribution >= 4 is 18.3 Å². The topological polar surface area (TPSA) is 71.3 Å². The van der Waals surface area contributed by atoms with E-state index in [4.69, 9.17) is 4.52 Å². The summed E-state index contributed by atoms with van der Waals surface area (Å²) in [6.07, 6.45) is 4.51. The fraction of sp³-hybridized carbons (Fsp3) is 0.471. The summed E-state index contributed by atoms with van der Waals surface area (Å²) in [6.45, 7) is 6.29. The second-order valence-electron chi connectivity index (χ2n) is 5.93. The van der Waals surface area contributed by atoms with Gasteiger partial charge in [-0.2, -0.15) is 0 Å². The van der Waals surface area contributed by atoms with Crippen LogP contribution in [0, 0.1) is 0 Å². The van der Waals surface area contributed by atoms with Crippen LogP contribution in [0.5, 0.6) is 0 Å². The van der Waals surface area contributed by atoms with Gasteiger partial charge in [-0.25, -0.2) is 0 Å². The van der Waals surface area contributed by atoms with Crippen LogP contribution in [0.4, 0.5) is 0 Å². The minimum Gasteiger partial charge on any atom is -0.351 e. The van der Waals surface area contributed by atoms with Gasteiger partial charge < -0.3 is 14.7 Å². The zero-order valence-corrected chi connectivity index (χ0v) is 14.8. The van der Waals surface area contributed by atoms with Gasteiger partial charge in [0.2, 0.25) is 5.76 Å². The van der Waals surface area contributed by atoms with E-state index in [1.165, 1.54) is 0 Å². The molecule has 2 aromatic rings. The fourth-order valence-electron chi connectivity index (χ4n) is 2.79. The van der Waals surface area contributed by atoms with Crippen molar-refractivity contribution < 1.29 is 9.32 Å². The first kappa shape index (κ1) is 18.4. The molecule has 1 saturated heterocycles. The Bertz CT molecular complexity index is 662. The number of rotatable bonds is 4. The molecule has 1 aliphatic heterocycles. The Labute approximate surface area is 148 Å². The second-order valence-corrected chi connectivity index (χ2v) is 5.93. The van der Waals surface area contributed by atoms with E-state index in [0.717, 1.165) is 24.2 Å². The number of hydrogen-bond acceptors (Lipinski definition) is 5. The van der Waals surface area contributed by atoms with Crippen molar-refractivity contribution in [2.45, 2.75) is 32.2 Å². The Kier molecular flexibility index (Phi) is 6.34. The van der Waals surface area contributed by atoms with Crippen LogP contribution < -0.4 is 5.32 Å². The summed E-state index contributed by atoms with van der Waals surface area (Å²) < 4.78 is 5.31. The molecule has 2 unspecified atom stereocenters. The summed E-state index contributed by atoms with van der Waals surface area (Å²) in [5.41, 5.74) is 1.86. The first-order valence-corrected chi connectivity index (χ1v) is 8.09. The molecule has 1 amide bonds. The van der Waals surface area contributed by atoms with E-state index in [-0.39, 0.29) is 30.3 Å². The normalized spacial score (nSPS) is 18.8. The van der Waals surface area contributed by atoms with Crippen LogP contribution >= 0.6 is 12.4 Å². The Morgan fingerprint density at radius 3 is 3.08 bits per heavy atom. The van der Waals surface area contributed by atoms with E-state index in [2.05, 4.69) is 29.3 Å². The van der Waals surface area contributed by atoms with Crippen LogP contribution in [-0.4, -0.2) is 40.6 Å². The number of nitrogens with zero attached hydrogens (tertiary/aromatic N) is 3. The minimum absolute atomic E-state index is 0. The smallest absolute Gasteiger partial charge is 0.293 e. The van der Waals surface area contributed by atoms with Gasteiger partial charge in [-0.05, 0) is 18.1 Å². The Balaban J connectivity index is 0.00000208. The molecule has 0 bridgehead atoms. The molecule has 1 aliphatic rings. The number of aromatic nitrogens is 2. The first-order valence-electron chi connectivity index (χ1n) is 8.09. The molecule has 0 spiro atoms. The van der Waals surface area contributed by atoms with Crippen LogP contribution in [0.15, 0.2) is 35.1 Å². The summed E-state index contributed by atoms with van der Waals surface area (Å²) in [4.78, 5) is 18.9. The fourth-order valence-corrected chi connectivity index (χ4v) is 2.79. The quantitative estimate of drug-likeness (QED) is 0.918. The number of carbonyl (C=O) groups excluding carboxylic acids is 1. The highest BCUT2D eigenvalue weighted by molar-refractivity contribution is 5.92. The molecule has 1 fully saturated rings. The monoisotopic (exact) mass is 350 g/mol. The molecule has 0 aliphatic carbocycles. The summed E-state index contributed by atoms with van der Waals surface area (Å²) in [6, 6.07) is 5.62. The third-order valence-electron chi connectivity index (χ3n) is 4.43. The zero-order valence-electron chi connectivity index (χ0n) is 13.9. The number of halogens is 1. The molecule has 130 valence electrons. The summed E-state index contributed by atoms with van der Waals surface area (Å²) in [5.74, 6) is 0.496. The van der Waals surface area contributed by atoms with Crippen molar-refractivity contribution in [3.05, 3.63) is 47.6 Å². The largest absolute Gasteiger partial charge is 0.351 e. The van der Waals surface area contributed by atoms with Gasteiger partial charge in [0.1, 0.15) is 0 Å². The Morgan fingerprint density at radius 2 is 2.38 bits per heavy atom. The van der Waals surface area contributed by atoms with Crippen molar-refractivity contribution in [1.82, 2.24) is 20.4 Å². The Hall–Kier alpha value is -1.92. The van der Waals surface area contributed by atoms with E-state index in [1.807, 2.05) is 23.2 Å². The average molecular weight is 351 g/mol. The molecule has 6 nitrogen and oxygen atoms in total. The van der Waals surface area contributed by atoms with Crippen molar-refractivity contribution in [1.29, 1.82) is 0 Å². The third kappa shape index (κ3) is 3.76. The molecule has 3 heterocycles. The van der Waals surface area contributed by atoms with E-state index >= 15 is 0 Å². The van der Waals surface area contributed by atoms with Crippen molar-refractivity contribution in [2.75, 3.05) is 19.6 Å². The summed E-state index contributed by atoms with van der Waals surface area (Å²) >= 11 is 0. The number of pyridine rings is 1. The van der Waals surface area contributed by atoms with Gasteiger partial charge in [0.15, 0.2) is 0 Å². The predicted octanol–water partition coefficient (Wildman–Crippen LogP) is 2.79. The van der Waals surface area contributed by atoms with Gasteiger partial charge in [-0.3, -0.25) is 9.78 Å². The molecule has 0 radical (unpaired) electrons. The van der Waals surface area contributed by atoms with Gasteiger partial charge in [-0.1, -0.05) is 25.1 Å². The van der Waals surface area contributed by atoms with Crippen molar-refractivity contribution in [3.63, 3.8) is 0 Å². The second kappa shape index (κ2) is 8.26. The molecule has 24 heavy (non-hydrogen) atoms. The highest BCUT2D eigenvalue weighted by Gasteiger charge is 2.31. The maximum absolute atomic E-state index is 12.9. The SMILES string of the molecule is CCC(C)c1cc(C(=O)N2CCNCC2c2cccnc2)on1.Cl. The molecule has 3 rings (SSSR count). The minimum atomic E-state index is -0.109. The van der Waals surface area contributed by atoms with Crippen LogP contribution in [-0.2, 0) is 0 Å². The summed E-state index contributed by atoms with van der Waals surface area (Å²) in [7, 11) is 0. The van der Waals surface area contributed by atoms with E-state index in [0.29, 0.717) is 18.8 Å². The van der Waals surface area contributed by atoms with Crippen LogP contribution in [0.3, 0.4) is 0 Å². The Morgan fingerprint density at radius 1 is 1.54 bits per heavy atom. The van der Waals surface area contributed by atoms with Crippen molar-refractivity contribution in [3.8, 4) is 0 Å². The number of piperazine rings is 1. The van der Waals surface area contributed by atoms with Crippen LogP contribution in [0.25, 0.3) is 0 Å². The maximum atomic E-state index is 12.9. The molecular formula is C17H23ClN4O2. The van der Waals surface area contributed by atoms with E-state index in [9.17, 15) is 4.79 Å². The first-order chi connectivity index (χ1) is 11.2. The number of amides is 1. The molecule has 0 aromatic carbocycles. The number of nitrogens with one attached hydrogen (secondary N) is 1.